The first-order valence-corrected chi connectivity index (χ1v) is 11.1. The van der Waals surface area contributed by atoms with Crippen LogP contribution in [0.15, 0.2) is 40.3 Å². The summed E-state index contributed by atoms with van der Waals surface area (Å²) in [7, 11) is 3.56. The number of fused-ring (bicyclic) bond motifs is 3. The minimum Gasteiger partial charge on any atom is -0.340 e. The van der Waals surface area contributed by atoms with Crippen molar-refractivity contribution >= 4 is 39.2 Å². The Kier molecular flexibility index (Phi) is 5.29. The van der Waals surface area contributed by atoms with Gasteiger partial charge in [-0.25, -0.2) is 4.98 Å². The van der Waals surface area contributed by atoms with Gasteiger partial charge in [-0.05, 0) is 37.3 Å². The third-order valence-electron chi connectivity index (χ3n) is 5.17. The average molecular weight is 414 g/mol. The Hall–Kier alpha value is -2.12. The zero-order valence-electron chi connectivity index (χ0n) is 16.3. The topological polar surface area (TPSA) is 55.2 Å². The van der Waals surface area contributed by atoms with E-state index in [1.807, 2.05) is 44.3 Å². The molecule has 0 spiro atoms. The highest BCUT2D eigenvalue weighted by Gasteiger charge is 2.25. The largest absolute Gasteiger partial charge is 0.340 e. The minimum atomic E-state index is -0.323. The summed E-state index contributed by atoms with van der Waals surface area (Å²) in [4.78, 5) is 34.3. The Balaban J connectivity index is 1.55. The molecule has 28 heavy (non-hydrogen) atoms. The molecule has 7 heteroatoms. The quantitative estimate of drug-likeness (QED) is 0.474. The van der Waals surface area contributed by atoms with Crippen molar-refractivity contribution in [1.82, 2.24) is 14.5 Å². The molecule has 0 saturated carbocycles. The molecular weight excluding hydrogens is 390 g/mol. The number of rotatable bonds is 5. The minimum absolute atomic E-state index is 0.00388. The molecule has 146 valence electrons. The highest BCUT2D eigenvalue weighted by Crippen LogP contribution is 2.35. The Morgan fingerprint density at radius 3 is 2.82 bits per heavy atom. The van der Waals surface area contributed by atoms with E-state index in [1.54, 1.807) is 27.9 Å². The lowest BCUT2D eigenvalue weighted by Crippen LogP contribution is -2.33. The van der Waals surface area contributed by atoms with Crippen LogP contribution in [0.2, 0.25) is 0 Å². The number of amides is 1. The molecule has 1 aliphatic rings. The fourth-order valence-electron chi connectivity index (χ4n) is 3.67. The number of aromatic nitrogens is 2. The van der Waals surface area contributed by atoms with E-state index in [2.05, 4.69) is 0 Å². The van der Waals surface area contributed by atoms with Gasteiger partial charge in [0.2, 0.25) is 5.91 Å². The number of thiophene rings is 1. The van der Waals surface area contributed by atoms with E-state index >= 15 is 0 Å². The van der Waals surface area contributed by atoms with Gasteiger partial charge < -0.3 is 4.90 Å². The van der Waals surface area contributed by atoms with Crippen LogP contribution in [0.5, 0.6) is 0 Å². The fourth-order valence-corrected chi connectivity index (χ4v) is 5.96. The van der Waals surface area contributed by atoms with Gasteiger partial charge in [-0.3, -0.25) is 14.2 Å². The van der Waals surface area contributed by atoms with E-state index in [1.165, 1.54) is 22.2 Å². The fraction of sp³-hybridized carbons (Fsp3) is 0.381. The van der Waals surface area contributed by atoms with E-state index in [0.717, 1.165) is 35.0 Å². The predicted molar refractivity (Wildman–Crippen MR) is 115 cm³/mol. The van der Waals surface area contributed by atoms with E-state index in [4.69, 9.17) is 4.98 Å². The maximum Gasteiger partial charge on any atom is 0.262 e. The van der Waals surface area contributed by atoms with Crippen molar-refractivity contribution in [3.8, 4) is 0 Å². The van der Waals surface area contributed by atoms with Crippen LogP contribution in [0.1, 0.15) is 29.3 Å². The Labute approximate surface area is 172 Å². The lowest BCUT2D eigenvalue weighted by molar-refractivity contribution is -0.129. The molecule has 0 fully saturated rings. The molecule has 3 aromatic rings. The van der Waals surface area contributed by atoms with Crippen molar-refractivity contribution in [2.45, 2.75) is 43.1 Å². The van der Waals surface area contributed by atoms with Gasteiger partial charge in [0.15, 0.2) is 5.16 Å². The number of thioether (sulfide) groups is 1. The SMILES string of the molecule is CC(Sc1nc2sc3c(c2c(=O)n1C)CCC3)C(=O)N(C)Cc1ccccc1. The van der Waals surface area contributed by atoms with Crippen LogP contribution >= 0.6 is 23.1 Å². The lowest BCUT2D eigenvalue weighted by Gasteiger charge is -2.21. The predicted octanol–water partition coefficient (Wildman–Crippen LogP) is 3.62. The van der Waals surface area contributed by atoms with Crippen LogP contribution in [-0.2, 0) is 31.2 Å². The highest BCUT2D eigenvalue weighted by molar-refractivity contribution is 8.00. The summed E-state index contributed by atoms with van der Waals surface area (Å²) in [6.45, 7) is 2.44. The van der Waals surface area contributed by atoms with Gasteiger partial charge in [-0.2, -0.15) is 0 Å². The number of hydrogen-bond donors (Lipinski definition) is 0. The van der Waals surface area contributed by atoms with E-state index < -0.39 is 0 Å². The summed E-state index contributed by atoms with van der Waals surface area (Å²) < 4.78 is 1.60. The molecule has 1 aromatic carbocycles. The lowest BCUT2D eigenvalue weighted by atomic mass is 10.2. The number of aryl methyl sites for hydroxylation is 2. The summed E-state index contributed by atoms with van der Waals surface area (Å²) in [5.74, 6) is 0.0249. The van der Waals surface area contributed by atoms with Gasteiger partial charge in [0.25, 0.3) is 5.56 Å². The molecule has 4 rings (SSSR count). The summed E-state index contributed by atoms with van der Waals surface area (Å²) in [6.07, 6.45) is 3.13. The molecule has 0 bridgehead atoms. The second-order valence-electron chi connectivity index (χ2n) is 7.24. The van der Waals surface area contributed by atoms with Crippen molar-refractivity contribution in [3.05, 3.63) is 56.7 Å². The molecule has 2 heterocycles. The van der Waals surface area contributed by atoms with Gasteiger partial charge in [-0.1, -0.05) is 42.1 Å². The molecule has 1 unspecified atom stereocenters. The van der Waals surface area contributed by atoms with E-state index in [0.29, 0.717) is 11.7 Å². The van der Waals surface area contributed by atoms with Crippen molar-refractivity contribution in [2.24, 2.45) is 7.05 Å². The standard InChI is InChI=1S/C21H23N3O2S2/c1-13(19(25)23(2)12-14-8-5-4-6-9-14)27-21-22-18-17(20(26)24(21)3)15-10-7-11-16(15)28-18/h4-6,8-9,13H,7,10-12H2,1-3H3. The van der Waals surface area contributed by atoms with Gasteiger partial charge in [0, 0.05) is 25.5 Å². The number of benzene rings is 1. The monoisotopic (exact) mass is 413 g/mol. The molecule has 1 amide bonds. The summed E-state index contributed by atoms with van der Waals surface area (Å²) >= 11 is 2.99. The molecule has 5 nitrogen and oxygen atoms in total. The number of hydrogen-bond acceptors (Lipinski definition) is 5. The first-order valence-electron chi connectivity index (χ1n) is 9.42. The van der Waals surface area contributed by atoms with Crippen LogP contribution in [-0.4, -0.2) is 32.7 Å². The average Bonchev–Trinajstić information content (AvgIpc) is 3.26. The molecule has 0 radical (unpaired) electrons. The second kappa shape index (κ2) is 7.72. The third-order valence-corrected chi connectivity index (χ3v) is 7.49. The number of nitrogens with zero attached hydrogens (tertiary/aromatic N) is 3. The maximum atomic E-state index is 12.9. The molecule has 0 aliphatic heterocycles. The highest BCUT2D eigenvalue weighted by atomic mass is 32.2. The van der Waals surface area contributed by atoms with Gasteiger partial charge in [0.05, 0.1) is 10.6 Å². The van der Waals surface area contributed by atoms with Crippen molar-refractivity contribution in [1.29, 1.82) is 0 Å². The Morgan fingerprint density at radius 1 is 1.32 bits per heavy atom. The van der Waals surface area contributed by atoms with E-state index in [9.17, 15) is 9.59 Å². The van der Waals surface area contributed by atoms with Crippen LogP contribution < -0.4 is 5.56 Å². The molecule has 1 aliphatic carbocycles. The normalized spacial score (nSPS) is 14.2. The first-order chi connectivity index (χ1) is 13.5. The van der Waals surface area contributed by atoms with Crippen LogP contribution in [0.4, 0.5) is 0 Å². The van der Waals surface area contributed by atoms with Crippen LogP contribution in [0.25, 0.3) is 10.2 Å². The maximum absolute atomic E-state index is 12.9. The Morgan fingerprint density at radius 2 is 2.07 bits per heavy atom. The summed E-state index contributed by atoms with van der Waals surface area (Å²) in [6, 6.07) is 9.93. The number of carbonyl (C=O) groups is 1. The van der Waals surface area contributed by atoms with Crippen LogP contribution in [0.3, 0.4) is 0 Å². The Bertz CT molecular complexity index is 1090. The smallest absolute Gasteiger partial charge is 0.262 e. The van der Waals surface area contributed by atoms with E-state index in [-0.39, 0.29) is 16.7 Å². The third kappa shape index (κ3) is 3.49. The molecule has 0 N–H and O–H groups in total. The zero-order valence-corrected chi connectivity index (χ0v) is 17.9. The van der Waals surface area contributed by atoms with Gasteiger partial charge in [-0.15, -0.1) is 11.3 Å². The second-order valence-corrected chi connectivity index (χ2v) is 9.63. The number of carbonyl (C=O) groups excluding carboxylic acids is 1. The van der Waals surface area contributed by atoms with Crippen molar-refractivity contribution in [2.75, 3.05) is 7.05 Å². The molecule has 2 aromatic heterocycles. The molecule has 1 atom stereocenters. The van der Waals surface area contributed by atoms with Gasteiger partial charge in [0.1, 0.15) is 4.83 Å². The van der Waals surface area contributed by atoms with Gasteiger partial charge >= 0.3 is 0 Å². The van der Waals surface area contributed by atoms with Crippen molar-refractivity contribution in [3.63, 3.8) is 0 Å². The molecule has 0 saturated heterocycles. The molecular formula is C21H23N3O2S2. The van der Waals surface area contributed by atoms with Crippen molar-refractivity contribution < 1.29 is 4.79 Å². The zero-order chi connectivity index (χ0) is 19.8. The first kappa shape index (κ1) is 19.2. The van der Waals surface area contributed by atoms with Crippen LogP contribution in [0, 0.1) is 0 Å². The summed E-state index contributed by atoms with van der Waals surface area (Å²) in [5, 5.41) is 1.06. The summed E-state index contributed by atoms with van der Waals surface area (Å²) in [5.41, 5.74) is 2.29.